The number of sulfone groups is 1. The van der Waals surface area contributed by atoms with Crippen LogP contribution in [0.4, 0.5) is 0 Å². The molecule has 2 aliphatic rings. The van der Waals surface area contributed by atoms with Crippen LogP contribution in [0.25, 0.3) is 0 Å². The van der Waals surface area contributed by atoms with E-state index < -0.39 is 24.6 Å². The molecule has 0 N–H and O–H groups in total. The lowest BCUT2D eigenvalue weighted by molar-refractivity contribution is 0.121. The first-order valence-corrected chi connectivity index (χ1v) is 11.1. The van der Waals surface area contributed by atoms with E-state index in [2.05, 4.69) is 9.97 Å². The van der Waals surface area contributed by atoms with Gasteiger partial charge in [0.15, 0.2) is 9.84 Å². The van der Waals surface area contributed by atoms with Crippen molar-refractivity contribution in [3.8, 4) is 6.01 Å². The highest BCUT2D eigenvalue weighted by Crippen LogP contribution is 2.45. The van der Waals surface area contributed by atoms with Gasteiger partial charge >= 0.3 is 6.01 Å². The van der Waals surface area contributed by atoms with Crippen molar-refractivity contribution in [2.45, 2.75) is 25.0 Å². The number of rotatable bonds is 5. The van der Waals surface area contributed by atoms with Crippen LogP contribution in [-0.2, 0) is 19.9 Å². The van der Waals surface area contributed by atoms with Gasteiger partial charge in [-0.15, -0.1) is 0 Å². The average molecular weight is 375 g/mol. The Kier molecular flexibility index (Phi) is 4.33. The summed E-state index contributed by atoms with van der Waals surface area (Å²) in [5, 5.41) is 0. The third-order valence-corrected chi connectivity index (χ3v) is 9.31. The molecule has 2 aliphatic heterocycles. The van der Waals surface area contributed by atoms with Crippen LogP contribution in [0.15, 0.2) is 12.3 Å². The van der Waals surface area contributed by atoms with E-state index in [1.807, 2.05) is 6.92 Å². The molecule has 1 unspecified atom stereocenters. The van der Waals surface area contributed by atoms with E-state index in [4.69, 9.17) is 4.74 Å². The Bertz CT molecular complexity index is 832. The minimum atomic E-state index is -3.37. The number of ether oxygens (including phenoxy) is 1. The van der Waals surface area contributed by atoms with Crippen molar-refractivity contribution in [2.24, 2.45) is 5.92 Å². The Balaban J connectivity index is 1.74. The van der Waals surface area contributed by atoms with Crippen LogP contribution in [0.2, 0.25) is 0 Å². The molecule has 0 saturated carbocycles. The van der Waals surface area contributed by atoms with Crippen molar-refractivity contribution in [3.63, 3.8) is 0 Å². The third-order valence-electron chi connectivity index (χ3n) is 4.93. The van der Waals surface area contributed by atoms with E-state index in [0.717, 1.165) is 5.69 Å². The molecule has 134 valence electrons. The zero-order valence-electron chi connectivity index (χ0n) is 13.7. The summed E-state index contributed by atoms with van der Waals surface area (Å²) in [5.41, 5.74) is 0.762. The summed E-state index contributed by atoms with van der Waals surface area (Å²) in [5.74, 6) is -0.216. The van der Waals surface area contributed by atoms with Gasteiger partial charge < -0.3 is 4.74 Å². The molecule has 0 bridgehead atoms. The van der Waals surface area contributed by atoms with Gasteiger partial charge in [-0.3, -0.25) is 0 Å². The number of hydrogen-bond acceptors (Lipinski definition) is 7. The molecule has 0 amide bonds. The summed E-state index contributed by atoms with van der Waals surface area (Å²) in [7, 11) is -6.71. The Labute approximate surface area is 142 Å². The topological polar surface area (TPSA) is 107 Å². The number of sulfonamides is 1. The second kappa shape index (κ2) is 5.92. The Morgan fingerprint density at radius 2 is 2.12 bits per heavy atom. The van der Waals surface area contributed by atoms with Crippen LogP contribution in [0.1, 0.15) is 19.0 Å². The molecule has 0 aromatic carbocycles. The first-order chi connectivity index (χ1) is 11.2. The van der Waals surface area contributed by atoms with E-state index in [9.17, 15) is 16.8 Å². The zero-order chi connectivity index (χ0) is 17.6. The summed E-state index contributed by atoms with van der Waals surface area (Å²) in [6.45, 7) is 3.58. The highest BCUT2D eigenvalue weighted by molar-refractivity contribution is 7.93. The second-order valence-corrected chi connectivity index (χ2v) is 11.0. The molecule has 1 aromatic heterocycles. The molecule has 10 heteroatoms. The largest absolute Gasteiger partial charge is 0.463 e. The molecule has 3 heterocycles. The molecular formula is C14H21N3O5S2. The van der Waals surface area contributed by atoms with Gasteiger partial charge in [0, 0.05) is 30.9 Å². The predicted octanol–water partition coefficient (Wildman–Crippen LogP) is 0.00262. The standard InChI is InChI=1S/C14H21N3O5S2/c1-3-24(20,21)17-9-14(10-17)12(5-7-23(14,18)19)8-22-13-15-6-4-11(2)16-13/h4,6,12H,3,5,7-10H2,1-2H3. The lowest BCUT2D eigenvalue weighted by Gasteiger charge is -2.48. The maximum Gasteiger partial charge on any atom is 0.316 e. The van der Waals surface area contributed by atoms with Crippen molar-refractivity contribution < 1.29 is 21.6 Å². The summed E-state index contributed by atoms with van der Waals surface area (Å²) in [6, 6.07) is 1.96. The summed E-state index contributed by atoms with van der Waals surface area (Å²) < 4.78 is 54.7. The van der Waals surface area contributed by atoms with Crippen molar-refractivity contribution >= 4 is 19.9 Å². The van der Waals surface area contributed by atoms with Crippen LogP contribution in [0.5, 0.6) is 6.01 Å². The normalized spacial score (nSPS) is 25.5. The zero-order valence-corrected chi connectivity index (χ0v) is 15.3. The van der Waals surface area contributed by atoms with Gasteiger partial charge in [-0.1, -0.05) is 0 Å². The van der Waals surface area contributed by atoms with Crippen molar-refractivity contribution in [3.05, 3.63) is 18.0 Å². The minimum Gasteiger partial charge on any atom is -0.463 e. The monoisotopic (exact) mass is 375 g/mol. The van der Waals surface area contributed by atoms with Gasteiger partial charge in [-0.2, -0.15) is 4.31 Å². The fourth-order valence-corrected chi connectivity index (χ4v) is 7.09. The van der Waals surface area contributed by atoms with E-state index in [-0.39, 0.29) is 43.1 Å². The van der Waals surface area contributed by atoms with E-state index in [0.29, 0.717) is 6.42 Å². The van der Waals surface area contributed by atoms with Gasteiger partial charge in [-0.25, -0.2) is 26.8 Å². The smallest absolute Gasteiger partial charge is 0.316 e. The van der Waals surface area contributed by atoms with Gasteiger partial charge in [-0.05, 0) is 26.3 Å². The van der Waals surface area contributed by atoms with Crippen LogP contribution < -0.4 is 4.74 Å². The van der Waals surface area contributed by atoms with E-state index >= 15 is 0 Å². The lowest BCUT2D eigenvalue weighted by atomic mass is 9.85. The van der Waals surface area contributed by atoms with Crippen molar-refractivity contribution in [2.75, 3.05) is 31.2 Å². The summed E-state index contributed by atoms with van der Waals surface area (Å²) in [6.07, 6.45) is 2.05. The van der Waals surface area contributed by atoms with E-state index in [1.165, 1.54) is 4.31 Å². The molecule has 1 spiro atoms. The number of nitrogens with zero attached hydrogens (tertiary/aromatic N) is 3. The molecule has 2 saturated heterocycles. The van der Waals surface area contributed by atoms with Gasteiger partial charge in [0.25, 0.3) is 0 Å². The molecular weight excluding hydrogens is 354 g/mol. The van der Waals surface area contributed by atoms with Gasteiger partial charge in [0.05, 0.1) is 18.1 Å². The quantitative estimate of drug-likeness (QED) is 0.713. The van der Waals surface area contributed by atoms with Crippen LogP contribution in [0, 0.1) is 12.8 Å². The number of aromatic nitrogens is 2. The minimum absolute atomic E-state index is 0.0220. The molecule has 0 radical (unpaired) electrons. The molecule has 1 aromatic rings. The van der Waals surface area contributed by atoms with Crippen LogP contribution in [-0.4, -0.2) is 67.1 Å². The summed E-state index contributed by atoms with van der Waals surface area (Å²) in [4.78, 5) is 8.15. The Morgan fingerprint density at radius 3 is 2.75 bits per heavy atom. The number of hydrogen-bond donors (Lipinski definition) is 0. The Hall–Kier alpha value is -1.26. The Morgan fingerprint density at radius 1 is 1.42 bits per heavy atom. The first-order valence-electron chi connectivity index (χ1n) is 7.83. The second-order valence-electron chi connectivity index (χ2n) is 6.33. The molecule has 3 rings (SSSR count). The molecule has 2 fully saturated rings. The maximum absolute atomic E-state index is 12.5. The molecule has 0 aliphatic carbocycles. The first kappa shape index (κ1) is 17.6. The van der Waals surface area contributed by atoms with Gasteiger partial charge in [0.1, 0.15) is 4.75 Å². The fourth-order valence-electron chi connectivity index (χ4n) is 3.31. The highest BCUT2D eigenvalue weighted by Gasteiger charge is 2.63. The lowest BCUT2D eigenvalue weighted by Crippen LogP contribution is -2.69. The third kappa shape index (κ3) is 2.80. The SMILES string of the molecule is CCS(=O)(=O)N1CC2(C1)C(COc1nccc(C)n1)CCS2(=O)=O. The van der Waals surface area contributed by atoms with Crippen LogP contribution >= 0.6 is 0 Å². The molecule has 1 atom stereocenters. The average Bonchev–Trinajstić information content (AvgIpc) is 2.74. The van der Waals surface area contributed by atoms with Crippen molar-refractivity contribution in [1.29, 1.82) is 0 Å². The predicted molar refractivity (Wildman–Crippen MR) is 87.9 cm³/mol. The number of aryl methyl sites for hydroxylation is 1. The van der Waals surface area contributed by atoms with Crippen LogP contribution in [0.3, 0.4) is 0 Å². The van der Waals surface area contributed by atoms with E-state index in [1.54, 1.807) is 19.2 Å². The van der Waals surface area contributed by atoms with Gasteiger partial charge in [0.2, 0.25) is 10.0 Å². The van der Waals surface area contributed by atoms with Crippen molar-refractivity contribution in [1.82, 2.24) is 14.3 Å². The maximum atomic E-state index is 12.5. The summed E-state index contributed by atoms with van der Waals surface area (Å²) >= 11 is 0. The molecule has 8 nitrogen and oxygen atoms in total. The molecule has 24 heavy (non-hydrogen) atoms. The fraction of sp³-hybridized carbons (Fsp3) is 0.714. The highest BCUT2D eigenvalue weighted by atomic mass is 32.2.